The van der Waals surface area contributed by atoms with Crippen LogP contribution in [0.3, 0.4) is 0 Å². The normalized spacial score (nSPS) is 21.6. The van der Waals surface area contributed by atoms with Gasteiger partial charge in [0.2, 0.25) is 0 Å². The maximum Gasteiger partial charge on any atom is 0.123 e. The van der Waals surface area contributed by atoms with Crippen molar-refractivity contribution in [2.75, 3.05) is 26.3 Å². The second-order valence-corrected chi connectivity index (χ2v) is 3.82. The molecule has 1 aliphatic rings. The minimum absolute atomic E-state index is 0.144. The second-order valence-electron chi connectivity index (χ2n) is 3.82. The highest BCUT2D eigenvalue weighted by molar-refractivity contribution is 5.21. The molecule has 0 saturated carbocycles. The molecule has 0 radical (unpaired) electrons. The zero-order chi connectivity index (χ0) is 11.4. The van der Waals surface area contributed by atoms with Gasteiger partial charge >= 0.3 is 0 Å². The molecular formula is C13H14FNO. The summed E-state index contributed by atoms with van der Waals surface area (Å²) in [5.41, 5.74) is 1.05. The van der Waals surface area contributed by atoms with E-state index < -0.39 is 0 Å². The first-order valence-electron chi connectivity index (χ1n) is 5.32. The zero-order valence-corrected chi connectivity index (χ0v) is 9.03. The van der Waals surface area contributed by atoms with Crippen molar-refractivity contribution in [3.8, 4) is 12.3 Å². The fourth-order valence-electron chi connectivity index (χ4n) is 1.94. The van der Waals surface area contributed by atoms with E-state index in [0.29, 0.717) is 19.8 Å². The zero-order valence-electron chi connectivity index (χ0n) is 9.03. The smallest absolute Gasteiger partial charge is 0.123 e. The molecule has 0 aromatic heterocycles. The van der Waals surface area contributed by atoms with Gasteiger partial charge < -0.3 is 4.74 Å². The number of ether oxygens (including phenoxy) is 1. The van der Waals surface area contributed by atoms with Crippen LogP contribution >= 0.6 is 0 Å². The number of hydrogen-bond acceptors (Lipinski definition) is 2. The van der Waals surface area contributed by atoms with Crippen LogP contribution in [0.4, 0.5) is 4.39 Å². The number of nitrogens with zero attached hydrogens (tertiary/aromatic N) is 1. The summed E-state index contributed by atoms with van der Waals surface area (Å²) < 4.78 is 18.3. The van der Waals surface area contributed by atoms with Crippen LogP contribution in [0.1, 0.15) is 11.6 Å². The Kier molecular flexibility index (Phi) is 3.55. The molecule has 1 atom stereocenters. The molecule has 2 rings (SSSR count). The number of benzene rings is 1. The van der Waals surface area contributed by atoms with Crippen LogP contribution in [-0.4, -0.2) is 31.2 Å². The van der Waals surface area contributed by atoms with Gasteiger partial charge in [0, 0.05) is 6.54 Å². The van der Waals surface area contributed by atoms with Gasteiger partial charge in [-0.25, -0.2) is 4.39 Å². The van der Waals surface area contributed by atoms with Crippen molar-refractivity contribution < 1.29 is 9.13 Å². The van der Waals surface area contributed by atoms with E-state index in [0.717, 1.165) is 12.1 Å². The molecule has 0 spiro atoms. The van der Waals surface area contributed by atoms with Gasteiger partial charge in [0.1, 0.15) is 5.82 Å². The van der Waals surface area contributed by atoms with Gasteiger partial charge in [-0.15, -0.1) is 6.42 Å². The lowest BCUT2D eigenvalue weighted by Gasteiger charge is -2.34. The first-order chi connectivity index (χ1) is 7.81. The number of halogens is 1. The van der Waals surface area contributed by atoms with Crippen molar-refractivity contribution in [2.45, 2.75) is 6.04 Å². The molecule has 1 aliphatic heterocycles. The minimum Gasteiger partial charge on any atom is -0.378 e. The van der Waals surface area contributed by atoms with E-state index in [-0.39, 0.29) is 11.9 Å². The maximum atomic E-state index is 12.8. The minimum atomic E-state index is -0.219. The number of morpholine rings is 1. The van der Waals surface area contributed by atoms with Crippen molar-refractivity contribution >= 4 is 0 Å². The average Bonchev–Trinajstić information content (AvgIpc) is 2.32. The standard InChI is InChI=1S/C13H14FNO/c1-2-7-15-8-9-16-10-13(15)11-3-5-12(14)6-4-11/h1,3-6,13H,7-10H2/t13-/m1/s1. The van der Waals surface area contributed by atoms with Crippen molar-refractivity contribution in [2.24, 2.45) is 0 Å². The fraction of sp³-hybridized carbons (Fsp3) is 0.385. The Balaban J connectivity index is 2.16. The average molecular weight is 219 g/mol. The summed E-state index contributed by atoms with van der Waals surface area (Å²) in [7, 11) is 0. The summed E-state index contributed by atoms with van der Waals surface area (Å²) in [6.45, 7) is 2.75. The van der Waals surface area contributed by atoms with Crippen LogP contribution in [0.5, 0.6) is 0 Å². The molecule has 0 bridgehead atoms. The van der Waals surface area contributed by atoms with Crippen LogP contribution in [-0.2, 0) is 4.74 Å². The lowest BCUT2D eigenvalue weighted by molar-refractivity contribution is -0.00159. The largest absolute Gasteiger partial charge is 0.378 e. The summed E-state index contributed by atoms with van der Waals surface area (Å²) >= 11 is 0. The van der Waals surface area contributed by atoms with E-state index in [4.69, 9.17) is 11.2 Å². The van der Waals surface area contributed by atoms with Crippen LogP contribution < -0.4 is 0 Å². The lowest BCUT2D eigenvalue weighted by atomic mass is 10.0. The molecule has 1 heterocycles. The molecule has 16 heavy (non-hydrogen) atoms. The number of terminal acetylenes is 1. The van der Waals surface area contributed by atoms with Gasteiger partial charge in [-0.1, -0.05) is 18.1 Å². The summed E-state index contributed by atoms with van der Waals surface area (Å²) in [6, 6.07) is 6.66. The molecule has 3 heteroatoms. The highest BCUT2D eigenvalue weighted by Gasteiger charge is 2.23. The van der Waals surface area contributed by atoms with Crippen molar-refractivity contribution in [3.63, 3.8) is 0 Å². The highest BCUT2D eigenvalue weighted by Crippen LogP contribution is 2.23. The van der Waals surface area contributed by atoms with Gasteiger partial charge in [0.15, 0.2) is 0 Å². The predicted octanol–water partition coefficient (Wildman–Crippen LogP) is 1.83. The third-order valence-electron chi connectivity index (χ3n) is 2.79. The third-order valence-corrected chi connectivity index (χ3v) is 2.79. The van der Waals surface area contributed by atoms with Gasteiger partial charge in [0.25, 0.3) is 0 Å². The molecule has 1 saturated heterocycles. The monoisotopic (exact) mass is 219 g/mol. The quantitative estimate of drug-likeness (QED) is 0.704. The summed E-state index contributed by atoms with van der Waals surface area (Å²) in [4.78, 5) is 2.18. The molecule has 0 N–H and O–H groups in total. The van der Waals surface area contributed by atoms with E-state index in [1.165, 1.54) is 12.1 Å². The van der Waals surface area contributed by atoms with Gasteiger partial charge in [-0.05, 0) is 17.7 Å². The molecule has 0 aliphatic carbocycles. The Hall–Kier alpha value is -1.37. The van der Waals surface area contributed by atoms with E-state index in [1.807, 2.05) is 0 Å². The molecule has 2 nitrogen and oxygen atoms in total. The summed E-state index contributed by atoms with van der Waals surface area (Å²) in [5, 5.41) is 0. The van der Waals surface area contributed by atoms with Crippen molar-refractivity contribution in [1.82, 2.24) is 4.90 Å². The highest BCUT2D eigenvalue weighted by atomic mass is 19.1. The lowest BCUT2D eigenvalue weighted by Crippen LogP contribution is -2.39. The van der Waals surface area contributed by atoms with E-state index in [9.17, 15) is 4.39 Å². The Morgan fingerprint density at radius 2 is 2.19 bits per heavy atom. The summed E-state index contributed by atoms with van der Waals surface area (Å²) in [6.07, 6.45) is 5.33. The molecule has 1 aromatic rings. The fourth-order valence-corrected chi connectivity index (χ4v) is 1.94. The molecule has 0 unspecified atom stereocenters. The summed E-state index contributed by atoms with van der Waals surface area (Å²) in [5.74, 6) is 2.43. The molecule has 1 aromatic carbocycles. The first-order valence-corrected chi connectivity index (χ1v) is 5.32. The Morgan fingerprint density at radius 1 is 1.44 bits per heavy atom. The van der Waals surface area contributed by atoms with Gasteiger partial charge in [-0.2, -0.15) is 0 Å². The molecule has 1 fully saturated rings. The van der Waals surface area contributed by atoms with Crippen LogP contribution in [0.2, 0.25) is 0 Å². The second kappa shape index (κ2) is 5.11. The molecule has 0 amide bonds. The predicted molar refractivity (Wildman–Crippen MR) is 60.4 cm³/mol. The number of hydrogen-bond donors (Lipinski definition) is 0. The van der Waals surface area contributed by atoms with E-state index in [1.54, 1.807) is 12.1 Å². The maximum absolute atomic E-state index is 12.8. The van der Waals surface area contributed by atoms with Crippen LogP contribution in [0, 0.1) is 18.2 Å². The SMILES string of the molecule is C#CCN1CCOC[C@@H]1c1ccc(F)cc1. The van der Waals surface area contributed by atoms with Crippen molar-refractivity contribution in [3.05, 3.63) is 35.6 Å². The third kappa shape index (κ3) is 2.41. The Morgan fingerprint density at radius 3 is 2.88 bits per heavy atom. The van der Waals surface area contributed by atoms with Crippen molar-refractivity contribution in [1.29, 1.82) is 0 Å². The van der Waals surface area contributed by atoms with E-state index >= 15 is 0 Å². The molecular weight excluding hydrogens is 205 g/mol. The van der Waals surface area contributed by atoms with Gasteiger partial charge in [0.05, 0.1) is 25.8 Å². The Labute approximate surface area is 95.0 Å². The number of rotatable bonds is 2. The van der Waals surface area contributed by atoms with Gasteiger partial charge in [-0.3, -0.25) is 4.90 Å². The van der Waals surface area contributed by atoms with E-state index in [2.05, 4.69) is 10.8 Å². The first kappa shape index (κ1) is 11.1. The Bertz CT molecular complexity index is 382. The van der Waals surface area contributed by atoms with Crippen LogP contribution in [0.25, 0.3) is 0 Å². The topological polar surface area (TPSA) is 12.5 Å². The van der Waals surface area contributed by atoms with Crippen LogP contribution in [0.15, 0.2) is 24.3 Å². The molecule has 84 valence electrons.